The molecule has 1 aromatic rings. The molecule has 1 fully saturated rings. The Morgan fingerprint density at radius 3 is 2.78 bits per heavy atom. The molecule has 0 atom stereocenters. The first kappa shape index (κ1) is 11.8. The number of anilines is 2. The van der Waals surface area contributed by atoms with Crippen LogP contribution in [0.3, 0.4) is 0 Å². The van der Waals surface area contributed by atoms with E-state index in [0.717, 1.165) is 18.8 Å². The Balaban J connectivity index is 2.02. The maximum Gasteiger partial charge on any atom is 0.148 e. The molecule has 0 unspecified atom stereocenters. The van der Waals surface area contributed by atoms with Crippen molar-refractivity contribution in [2.75, 3.05) is 23.3 Å². The summed E-state index contributed by atoms with van der Waals surface area (Å²) in [6.45, 7) is 4.02. The van der Waals surface area contributed by atoms with Crippen molar-refractivity contribution < 1.29 is 4.39 Å². The molecule has 2 aliphatic rings. The van der Waals surface area contributed by atoms with Gasteiger partial charge in [-0.25, -0.2) is 4.39 Å². The molecule has 98 valence electrons. The van der Waals surface area contributed by atoms with Gasteiger partial charge in [-0.05, 0) is 31.9 Å². The zero-order chi connectivity index (χ0) is 12.6. The second kappa shape index (κ2) is 4.45. The summed E-state index contributed by atoms with van der Waals surface area (Å²) in [7, 11) is 0. The van der Waals surface area contributed by atoms with Crippen molar-refractivity contribution in [3.05, 3.63) is 24.0 Å². The van der Waals surface area contributed by atoms with Crippen LogP contribution in [0.2, 0.25) is 0 Å². The molecule has 2 nitrogen and oxygen atoms in total. The van der Waals surface area contributed by atoms with E-state index in [9.17, 15) is 4.39 Å². The summed E-state index contributed by atoms with van der Waals surface area (Å²) < 4.78 is 13.8. The SMILES string of the molecule is CCN1c2cccc(F)c2NCC12CCCCC2. The second-order valence-electron chi connectivity index (χ2n) is 5.52. The Morgan fingerprint density at radius 1 is 1.28 bits per heavy atom. The summed E-state index contributed by atoms with van der Waals surface area (Å²) in [5.74, 6) is -0.128. The van der Waals surface area contributed by atoms with Crippen molar-refractivity contribution in [1.82, 2.24) is 0 Å². The van der Waals surface area contributed by atoms with Gasteiger partial charge in [0.05, 0.1) is 16.9 Å². The maximum absolute atomic E-state index is 13.8. The molecule has 1 aliphatic heterocycles. The van der Waals surface area contributed by atoms with Gasteiger partial charge in [0.25, 0.3) is 0 Å². The van der Waals surface area contributed by atoms with Crippen molar-refractivity contribution in [2.45, 2.75) is 44.6 Å². The average molecular weight is 248 g/mol. The third-order valence-corrected chi connectivity index (χ3v) is 4.55. The van der Waals surface area contributed by atoms with E-state index in [1.807, 2.05) is 12.1 Å². The molecule has 0 saturated heterocycles. The monoisotopic (exact) mass is 248 g/mol. The van der Waals surface area contributed by atoms with Crippen LogP contribution in [-0.2, 0) is 0 Å². The summed E-state index contributed by atoms with van der Waals surface area (Å²) in [6, 6.07) is 5.41. The van der Waals surface area contributed by atoms with Gasteiger partial charge in [-0.15, -0.1) is 0 Å². The third kappa shape index (κ3) is 1.68. The van der Waals surface area contributed by atoms with Crippen molar-refractivity contribution in [3.63, 3.8) is 0 Å². The maximum atomic E-state index is 13.8. The molecule has 1 spiro atoms. The lowest BCUT2D eigenvalue weighted by Crippen LogP contribution is -2.57. The minimum Gasteiger partial charge on any atom is -0.379 e. The standard InChI is InChI=1S/C15H21FN2/c1-2-18-13-8-6-7-12(16)14(13)17-11-15(18)9-4-3-5-10-15/h6-8,17H,2-5,9-11H2,1H3. The van der Waals surface area contributed by atoms with Crippen LogP contribution in [0.25, 0.3) is 0 Å². The number of halogens is 1. The highest BCUT2D eigenvalue weighted by atomic mass is 19.1. The lowest BCUT2D eigenvalue weighted by Gasteiger charge is -2.51. The number of para-hydroxylation sites is 1. The minimum absolute atomic E-state index is 0.128. The Morgan fingerprint density at radius 2 is 2.06 bits per heavy atom. The zero-order valence-electron chi connectivity index (χ0n) is 11.0. The van der Waals surface area contributed by atoms with E-state index in [2.05, 4.69) is 17.1 Å². The van der Waals surface area contributed by atoms with E-state index in [-0.39, 0.29) is 11.4 Å². The van der Waals surface area contributed by atoms with Gasteiger partial charge in [0.2, 0.25) is 0 Å². The van der Waals surface area contributed by atoms with Crippen LogP contribution >= 0.6 is 0 Å². The first-order chi connectivity index (χ1) is 8.77. The quantitative estimate of drug-likeness (QED) is 0.813. The van der Waals surface area contributed by atoms with Crippen LogP contribution < -0.4 is 10.2 Å². The molecule has 18 heavy (non-hydrogen) atoms. The number of rotatable bonds is 1. The number of likely N-dealkylation sites (N-methyl/N-ethyl adjacent to an activating group) is 1. The summed E-state index contributed by atoms with van der Waals surface area (Å²) in [6.07, 6.45) is 6.38. The number of fused-ring (bicyclic) bond motifs is 1. The molecule has 0 bridgehead atoms. The first-order valence-corrected chi connectivity index (χ1v) is 7.07. The fourth-order valence-electron chi connectivity index (χ4n) is 3.68. The Kier molecular flexibility index (Phi) is 2.92. The van der Waals surface area contributed by atoms with Crippen LogP contribution in [0.5, 0.6) is 0 Å². The normalized spacial score (nSPS) is 21.6. The van der Waals surface area contributed by atoms with Crippen molar-refractivity contribution in [3.8, 4) is 0 Å². The molecule has 0 radical (unpaired) electrons. The molecule has 3 heteroatoms. The highest BCUT2D eigenvalue weighted by Crippen LogP contribution is 2.43. The number of benzene rings is 1. The Hall–Kier alpha value is -1.25. The van der Waals surface area contributed by atoms with E-state index >= 15 is 0 Å². The molecule has 1 N–H and O–H groups in total. The van der Waals surface area contributed by atoms with Crippen LogP contribution in [0.4, 0.5) is 15.8 Å². The first-order valence-electron chi connectivity index (χ1n) is 7.07. The highest BCUT2D eigenvalue weighted by molar-refractivity contribution is 5.74. The smallest absolute Gasteiger partial charge is 0.148 e. The molecule has 0 aromatic heterocycles. The van der Waals surface area contributed by atoms with E-state index in [1.165, 1.54) is 32.1 Å². The van der Waals surface area contributed by atoms with Gasteiger partial charge in [-0.3, -0.25) is 0 Å². The van der Waals surface area contributed by atoms with Gasteiger partial charge >= 0.3 is 0 Å². The van der Waals surface area contributed by atoms with Gasteiger partial charge < -0.3 is 10.2 Å². The summed E-state index contributed by atoms with van der Waals surface area (Å²) >= 11 is 0. The molecular weight excluding hydrogens is 227 g/mol. The Labute approximate surface area is 108 Å². The lowest BCUT2D eigenvalue weighted by molar-refractivity contribution is 0.285. The van der Waals surface area contributed by atoms with Gasteiger partial charge in [0.1, 0.15) is 5.82 Å². The van der Waals surface area contributed by atoms with Crippen molar-refractivity contribution in [1.29, 1.82) is 0 Å². The minimum atomic E-state index is -0.128. The van der Waals surface area contributed by atoms with E-state index in [0.29, 0.717) is 5.69 Å². The van der Waals surface area contributed by atoms with Crippen molar-refractivity contribution >= 4 is 11.4 Å². The molecule has 3 rings (SSSR count). The summed E-state index contributed by atoms with van der Waals surface area (Å²) in [5.41, 5.74) is 1.95. The van der Waals surface area contributed by atoms with Crippen LogP contribution in [0.15, 0.2) is 18.2 Å². The van der Waals surface area contributed by atoms with Gasteiger partial charge in [0.15, 0.2) is 0 Å². The third-order valence-electron chi connectivity index (χ3n) is 4.55. The number of hydrogen-bond donors (Lipinski definition) is 1. The lowest BCUT2D eigenvalue weighted by atomic mass is 9.78. The van der Waals surface area contributed by atoms with Gasteiger partial charge in [-0.1, -0.05) is 25.3 Å². The van der Waals surface area contributed by atoms with Gasteiger partial charge in [-0.2, -0.15) is 0 Å². The van der Waals surface area contributed by atoms with Crippen LogP contribution in [0.1, 0.15) is 39.0 Å². The topological polar surface area (TPSA) is 15.3 Å². The molecule has 1 saturated carbocycles. The molecular formula is C15H21FN2. The predicted molar refractivity (Wildman–Crippen MR) is 73.7 cm³/mol. The largest absolute Gasteiger partial charge is 0.379 e. The predicted octanol–water partition coefficient (Wildman–Crippen LogP) is 3.78. The summed E-state index contributed by atoms with van der Waals surface area (Å²) in [5, 5.41) is 3.34. The Bertz CT molecular complexity index is 438. The molecule has 0 amide bonds. The van der Waals surface area contributed by atoms with E-state index in [4.69, 9.17) is 0 Å². The summed E-state index contributed by atoms with van der Waals surface area (Å²) in [4.78, 5) is 2.43. The molecule has 1 heterocycles. The fourth-order valence-corrected chi connectivity index (χ4v) is 3.68. The number of nitrogens with zero attached hydrogens (tertiary/aromatic N) is 1. The van der Waals surface area contributed by atoms with Gasteiger partial charge in [0, 0.05) is 13.1 Å². The highest BCUT2D eigenvalue weighted by Gasteiger charge is 2.41. The van der Waals surface area contributed by atoms with Crippen LogP contribution in [0, 0.1) is 5.82 Å². The van der Waals surface area contributed by atoms with E-state index < -0.39 is 0 Å². The zero-order valence-corrected chi connectivity index (χ0v) is 11.0. The average Bonchev–Trinajstić information content (AvgIpc) is 2.40. The number of hydrogen-bond acceptors (Lipinski definition) is 2. The molecule has 1 aromatic carbocycles. The van der Waals surface area contributed by atoms with Crippen LogP contribution in [-0.4, -0.2) is 18.6 Å². The second-order valence-corrected chi connectivity index (χ2v) is 5.52. The van der Waals surface area contributed by atoms with E-state index in [1.54, 1.807) is 6.07 Å². The molecule has 1 aliphatic carbocycles. The number of nitrogens with one attached hydrogen (secondary N) is 1. The fraction of sp³-hybridized carbons (Fsp3) is 0.600. The van der Waals surface area contributed by atoms with Crippen molar-refractivity contribution in [2.24, 2.45) is 0 Å².